The molecule has 6 nitrogen and oxygen atoms in total. The summed E-state index contributed by atoms with van der Waals surface area (Å²) in [6.45, 7) is 0.539. The number of hydrogen-bond acceptors (Lipinski definition) is 4. The number of hydrogen-bond donors (Lipinski definition) is 2. The van der Waals surface area contributed by atoms with Gasteiger partial charge >= 0.3 is 5.97 Å². The maximum atomic E-state index is 12.3. The Morgan fingerprint density at radius 1 is 1.36 bits per heavy atom. The predicted octanol–water partition coefficient (Wildman–Crippen LogP) is 2.52. The largest absolute Gasteiger partial charge is 0.481 e. The summed E-state index contributed by atoms with van der Waals surface area (Å²) < 4.78 is 1.64. The highest BCUT2D eigenvalue weighted by Gasteiger charge is 2.17. The molecule has 0 fully saturated rings. The number of aryl methyl sites for hydroxylation is 1. The van der Waals surface area contributed by atoms with Crippen LogP contribution < -0.4 is 5.32 Å². The van der Waals surface area contributed by atoms with E-state index in [0.717, 1.165) is 17.7 Å². The molecule has 2 aromatic rings. The number of carbonyl (C=O) groups excluding carboxylic acids is 1. The van der Waals surface area contributed by atoms with Crippen LogP contribution in [0.5, 0.6) is 0 Å². The summed E-state index contributed by atoms with van der Waals surface area (Å²) in [5.74, 6) is -0.922. The average molecular weight is 321 g/mol. The Bertz CT molecular complexity index is 635. The average Bonchev–Trinajstić information content (AvgIpc) is 3.10. The maximum Gasteiger partial charge on any atom is 0.303 e. The Balaban J connectivity index is 1.87. The molecule has 0 aliphatic carbocycles. The number of nitrogens with one attached hydrogen (secondary N) is 1. The van der Waals surface area contributed by atoms with Crippen molar-refractivity contribution in [2.45, 2.75) is 25.7 Å². The Kier molecular flexibility index (Phi) is 5.71. The van der Waals surface area contributed by atoms with Crippen molar-refractivity contribution in [1.82, 2.24) is 15.1 Å². The van der Waals surface area contributed by atoms with E-state index in [2.05, 4.69) is 10.4 Å². The predicted molar refractivity (Wildman–Crippen MR) is 85.0 cm³/mol. The molecular formula is C15H19N3O3S. The van der Waals surface area contributed by atoms with Crippen LogP contribution in [0.25, 0.3) is 10.6 Å². The Morgan fingerprint density at radius 2 is 2.18 bits per heavy atom. The summed E-state index contributed by atoms with van der Waals surface area (Å²) in [6.07, 6.45) is 4.09. The number of thiophene rings is 1. The van der Waals surface area contributed by atoms with Crippen LogP contribution in [-0.2, 0) is 11.8 Å². The fourth-order valence-electron chi connectivity index (χ4n) is 2.13. The van der Waals surface area contributed by atoms with Crippen molar-refractivity contribution in [3.8, 4) is 10.6 Å². The summed E-state index contributed by atoms with van der Waals surface area (Å²) in [5, 5.41) is 17.7. The van der Waals surface area contributed by atoms with Gasteiger partial charge in [-0.15, -0.1) is 11.3 Å². The van der Waals surface area contributed by atoms with Gasteiger partial charge < -0.3 is 10.4 Å². The Hall–Kier alpha value is -2.15. The van der Waals surface area contributed by atoms with Crippen LogP contribution in [-0.4, -0.2) is 33.3 Å². The quantitative estimate of drug-likeness (QED) is 0.732. The summed E-state index contributed by atoms with van der Waals surface area (Å²) >= 11 is 1.55. The van der Waals surface area contributed by atoms with Crippen molar-refractivity contribution in [1.29, 1.82) is 0 Å². The second-order valence-corrected chi connectivity index (χ2v) is 5.95. The topological polar surface area (TPSA) is 84.2 Å². The summed E-state index contributed by atoms with van der Waals surface area (Å²) in [5.41, 5.74) is 1.26. The molecule has 7 heteroatoms. The molecule has 2 rings (SSSR count). The van der Waals surface area contributed by atoms with E-state index in [1.807, 2.05) is 17.5 Å². The lowest BCUT2D eigenvalue weighted by Crippen LogP contribution is -2.24. The van der Waals surface area contributed by atoms with Gasteiger partial charge in [0.15, 0.2) is 0 Å². The maximum absolute atomic E-state index is 12.3. The summed E-state index contributed by atoms with van der Waals surface area (Å²) in [6, 6.07) is 3.87. The molecule has 1 amide bonds. The zero-order valence-corrected chi connectivity index (χ0v) is 13.2. The number of carboxylic acids is 1. The number of aromatic nitrogens is 2. The molecule has 2 N–H and O–H groups in total. The minimum absolute atomic E-state index is 0.144. The van der Waals surface area contributed by atoms with Gasteiger partial charge in [-0.05, 0) is 24.3 Å². The molecule has 0 saturated carbocycles. The van der Waals surface area contributed by atoms with Crippen molar-refractivity contribution in [2.75, 3.05) is 6.54 Å². The van der Waals surface area contributed by atoms with Gasteiger partial charge in [-0.1, -0.05) is 12.5 Å². The third-order valence-corrected chi connectivity index (χ3v) is 4.06. The third-order valence-electron chi connectivity index (χ3n) is 3.18. The summed E-state index contributed by atoms with van der Waals surface area (Å²) in [4.78, 5) is 23.6. The molecule has 0 radical (unpaired) electrons. The fraction of sp³-hybridized carbons (Fsp3) is 0.400. The minimum atomic E-state index is -0.778. The zero-order valence-electron chi connectivity index (χ0n) is 12.4. The van der Waals surface area contributed by atoms with E-state index in [1.165, 1.54) is 0 Å². The second kappa shape index (κ2) is 7.74. The fourth-order valence-corrected chi connectivity index (χ4v) is 2.85. The normalized spacial score (nSPS) is 10.6. The Morgan fingerprint density at radius 3 is 2.86 bits per heavy atom. The number of carboxylic acid groups (broad SMARTS) is 1. The third kappa shape index (κ3) is 4.42. The van der Waals surface area contributed by atoms with E-state index in [1.54, 1.807) is 29.3 Å². The van der Waals surface area contributed by atoms with Crippen LogP contribution >= 0.6 is 11.3 Å². The molecule has 0 unspecified atom stereocenters. The van der Waals surface area contributed by atoms with Crippen LogP contribution in [0.4, 0.5) is 0 Å². The van der Waals surface area contributed by atoms with E-state index in [9.17, 15) is 9.59 Å². The van der Waals surface area contributed by atoms with E-state index in [-0.39, 0.29) is 12.3 Å². The van der Waals surface area contributed by atoms with Crippen LogP contribution in [0.15, 0.2) is 23.7 Å². The van der Waals surface area contributed by atoms with E-state index < -0.39 is 5.97 Å². The van der Waals surface area contributed by atoms with Crippen LogP contribution in [0.3, 0.4) is 0 Å². The van der Waals surface area contributed by atoms with Crippen molar-refractivity contribution in [2.24, 2.45) is 7.05 Å². The molecule has 0 bridgehead atoms. The number of amides is 1. The lowest BCUT2D eigenvalue weighted by molar-refractivity contribution is -0.137. The first-order valence-corrected chi connectivity index (χ1v) is 8.03. The first-order chi connectivity index (χ1) is 10.6. The molecule has 0 aromatic carbocycles. The van der Waals surface area contributed by atoms with Gasteiger partial charge in [0.25, 0.3) is 5.91 Å². The Labute approximate surface area is 132 Å². The van der Waals surface area contributed by atoms with Gasteiger partial charge in [-0.3, -0.25) is 14.3 Å². The zero-order chi connectivity index (χ0) is 15.9. The number of aliphatic carboxylic acids is 1. The number of nitrogens with zero attached hydrogens (tertiary/aromatic N) is 2. The van der Waals surface area contributed by atoms with Crippen molar-refractivity contribution in [3.05, 3.63) is 29.3 Å². The van der Waals surface area contributed by atoms with Crippen molar-refractivity contribution < 1.29 is 14.7 Å². The van der Waals surface area contributed by atoms with Gasteiger partial charge in [0, 0.05) is 26.2 Å². The molecule has 2 aromatic heterocycles. The SMILES string of the molecule is Cn1cc(C(=O)NCCCCCC(=O)O)c(-c2cccs2)n1. The van der Waals surface area contributed by atoms with Crippen LogP contribution in [0, 0.1) is 0 Å². The highest BCUT2D eigenvalue weighted by molar-refractivity contribution is 7.13. The lowest BCUT2D eigenvalue weighted by Gasteiger charge is -2.04. The molecular weight excluding hydrogens is 302 g/mol. The second-order valence-electron chi connectivity index (χ2n) is 5.00. The van der Waals surface area contributed by atoms with Crippen LogP contribution in [0.2, 0.25) is 0 Å². The van der Waals surface area contributed by atoms with Crippen molar-refractivity contribution in [3.63, 3.8) is 0 Å². The highest BCUT2D eigenvalue weighted by Crippen LogP contribution is 2.26. The molecule has 0 spiro atoms. The van der Waals surface area contributed by atoms with E-state index in [4.69, 9.17) is 5.11 Å². The standard InChI is InChI=1S/C15H19N3O3S/c1-18-10-11(14(17-18)12-6-5-9-22-12)15(21)16-8-4-2-3-7-13(19)20/h5-6,9-10H,2-4,7-8H2,1H3,(H,16,21)(H,19,20). The van der Waals surface area contributed by atoms with E-state index in [0.29, 0.717) is 24.2 Å². The number of carbonyl (C=O) groups is 2. The first-order valence-electron chi connectivity index (χ1n) is 7.15. The van der Waals surface area contributed by atoms with Crippen LogP contribution in [0.1, 0.15) is 36.0 Å². The minimum Gasteiger partial charge on any atom is -0.481 e. The molecule has 0 aliphatic heterocycles. The number of rotatable bonds is 8. The molecule has 22 heavy (non-hydrogen) atoms. The van der Waals surface area contributed by atoms with Gasteiger partial charge in [-0.2, -0.15) is 5.10 Å². The highest BCUT2D eigenvalue weighted by atomic mass is 32.1. The smallest absolute Gasteiger partial charge is 0.303 e. The van der Waals surface area contributed by atoms with Gasteiger partial charge in [-0.25, -0.2) is 0 Å². The van der Waals surface area contributed by atoms with Crippen molar-refractivity contribution >= 4 is 23.2 Å². The van der Waals surface area contributed by atoms with Gasteiger partial charge in [0.2, 0.25) is 0 Å². The summed E-state index contributed by atoms with van der Waals surface area (Å²) in [7, 11) is 1.79. The lowest BCUT2D eigenvalue weighted by atomic mass is 10.2. The number of unbranched alkanes of at least 4 members (excludes halogenated alkanes) is 2. The molecule has 0 aliphatic rings. The molecule has 0 atom stereocenters. The van der Waals surface area contributed by atoms with Gasteiger partial charge in [0.05, 0.1) is 10.4 Å². The van der Waals surface area contributed by atoms with E-state index >= 15 is 0 Å². The molecule has 2 heterocycles. The molecule has 118 valence electrons. The monoisotopic (exact) mass is 321 g/mol. The molecule has 0 saturated heterocycles. The first kappa shape index (κ1) is 16.2. The van der Waals surface area contributed by atoms with Gasteiger partial charge in [0.1, 0.15) is 5.69 Å².